The molecular formula is C14H16N4O. The van der Waals surface area contributed by atoms with E-state index in [4.69, 9.17) is 0 Å². The van der Waals surface area contributed by atoms with Crippen LogP contribution in [0.3, 0.4) is 0 Å². The number of nitrogens with zero attached hydrogens (tertiary/aromatic N) is 2. The zero-order chi connectivity index (χ0) is 13.7. The molecule has 0 aliphatic heterocycles. The first-order chi connectivity index (χ1) is 9.22. The van der Waals surface area contributed by atoms with Crippen LogP contribution in [0.5, 0.6) is 0 Å². The lowest BCUT2D eigenvalue weighted by molar-refractivity contribution is 0.0962. The van der Waals surface area contributed by atoms with Gasteiger partial charge in [0.2, 0.25) is 0 Å². The Morgan fingerprint density at radius 3 is 2.84 bits per heavy atom. The van der Waals surface area contributed by atoms with E-state index in [2.05, 4.69) is 20.6 Å². The Kier molecular flexibility index (Phi) is 4.07. The van der Waals surface area contributed by atoms with Crippen LogP contribution in [0.15, 0.2) is 36.8 Å². The summed E-state index contributed by atoms with van der Waals surface area (Å²) in [7, 11) is 1.63. The third-order valence-electron chi connectivity index (χ3n) is 2.91. The monoisotopic (exact) mass is 256 g/mol. The highest BCUT2D eigenvalue weighted by atomic mass is 16.1. The summed E-state index contributed by atoms with van der Waals surface area (Å²) < 4.78 is 0. The molecular weight excluding hydrogens is 240 g/mol. The lowest BCUT2D eigenvalue weighted by atomic mass is 10.1. The van der Waals surface area contributed by atoms with Gasteiger partial charge in [0.1, 0.15) is 6.33 Å². The molecule has 0 fully saturated rings. The average molecular weight is 256 g/mol. The molecule has 0 atom stereocenters. The van der Waals surface area contributed by atoms with Gasteiger partial charge in [-0.05, 0) is 30.7 Å². The largest absolute Gasteiger partial charge is 0.379 e. The van der Waals surface area contributed by atoms with Gasteiger partial charge >= 0.3 is 0 Å². The van der Waals surface area contributed by atoms with E-state index < -0.39 is 0 Å². The van der Waals surface area contributed by atoms with Crippen molar-refractivity contribution in [2.24, 2.45) is 0 Å². The maximum atomic E-state index is 11.7. The Labute approximate surface area is 112 Å². The van der Waals surface area contributed by atoms with Crippen LogP contribution in [0, 0.1) is 6.92 Å². The smallest absolute Gasteiger partial charge is 0.251 e. The Morgan fingerprint density at radius 1 is 1.32 bits per heavy atom. The fourth-order valence-corrected chi connectivity index (χ4v) is 1.82. The maximum Gasteiger partial charge on any atom is 0.251 e. The second-order valence-electron chi connectivity index (χ2n) is 4.11. The van der Waals surface area contributed by atoms with Crippen LogP contribution in [0.2, 0.25) is 0 Å². The van der Waals surface area contributed by atoms with Crippen LogP contribution in [0.25, 0.3) is 0 Å². The van der Waals surface area contributed by atoms with Crippen molar-refractivity contribution in [2.45, 2.75) is 13.5 Å². The number of hydrogen-bond acceptors (Lipinski definition) is 4. The first kappa shape index (κ1) is 13.0. The number of hydrogen-bond donors (Lipinski definition) is 2. The van der Waals surface area contributed by atoms with Crippen molar-refractivity contribution in [1.82, 2.24) is 15.3 Å². The van der Waals surface area contributed by atoms with Gasteiger partial charge in [-0.2, -0.15) is 0 Å². The van der Waals surface area contributed by atoms with Gasteiger partial charge in [-0.25, -0.2) is 9.97 Å². The molecule has 2 aromatic rings. The van der Waals surface area contributed by atoms with E-state index >= 15 is 0 Å². The van der Waals surface area contributed by atoms with Gasteiger partial charge < -0.3 is 10.6 Å². The molecule has 2 rings (SSSR count). The summed E-state index contributed by atoms with van der Waals surface area (Å²) in [4.78, 5) is 19.7. The number of nitrogens with one attached hydrogen (secondary N) is 2. The molecule has 1 aromatic carbocycles. The molecule has 1 aromatic heterocycles. The van der Waals surface area contributed by atoms with Crippen LogP contribution >= 0.6 is 0 Å². The van der Waals surface area contributed by atoms with E-state index in [0.717, 1.165) is 16.9 Å². The summed E-state index contributed by atoms with van der Waals surface area (Å²) in [6.45, 7) is 2.52. The van der Waals surface area contributed by atoms with Gasteiger partial charge in [0, 0.05) is 24.5 Å². The minimum atomic E-state index is -0.0804. The fraction of sp³-hybridized carbons (Fsp3) is 0.214. The maximum absolute atomic E-state index is 11.7. The molecule has 0 spiro atoms. The number of rotatable bonds is 4. The molecule has 2 N–H and O–H groups in total. The van der Waals surface area contributed by atoms with E-state index in [9.17, 15) is 4.79 Å². The van der Waals surface area contributed by atoms with Crippen LogP contribution in [0.1, 0.15) is 21.6 Å². The van der Waals surface area contributed by atoms with Gasteiger partial charge in [-0.15, -0.1) is 0 Å². The van der Waals surface area contributed by atoms with Crippen LogP contribution in [0.4, 0.5) is 5.69 Å². The van der Waals surface area contributed by atoms with Crippen molar-refractivity contribution in [1.29, 1.82) is 0 Å². The normalized spacial score (nSPS) is 10.0. The summed E-state index contributed by atoms with van der Waals surface area (Å²) in [5, 5.41) is 5.91. The topological polar surface area (TPSA) is 66.9 Å². The van der Waals surface area contributed by atoms with Crippen molar-refractivity contribution in [3.05, 3.63) is 53.6 Å². The van der Waals surface area contributed by atoms with Crippen molar-refractivity contribution in [3.8, 4) is 0 Å². The first-order valence-corrected chi connectivity index (χ1v) is 6.03. The number of carbonyl (C=O) groups excluding carboxylic acids is 1. The standard InChI is InChI=1S/C14H16N4O/c1-10-12(14(19)15-2)4-3-5-13(10)17-8-11-6-7-16-9-18-11/h3-7,9,17H,8H2,1-2H3,(H,15,19). The van der Waals surface area contributed by atoms with Crippen molar-refractivity contribution in [2.75, 3.05) is 12.4 Å². The highest BCUT2D eigenvalue weighted by Gasteiger charge is 2.09. The first-order valence-electron chi connectivity index (χ1n) is 6.03. The van der Waals surface area contributed by atoms with Gasteiger partial charge in [0.15, 0.2) is 0 Å². The van der Waals surface area contributed by atoms with E-state index in [1.165, 1.54) is 6.33 Å². The minimum absolute atomic E-state index is 0.0804. The van der Waals surface area contributed by atoms with Crippen LogP contribution in [-0.2, 0) is 6.54 Å². The minimum Gasteiger partial charge on any atom is -0.379 e. The number of carbonyl (C=O) groups is 1. The predicted molar refractivity (Wildman–Crippen MR) is 73.9 cm³/mol. The summed E-state index contributed by atoms with van der Waals surface area (Å²) in [6, 6.07) is 7.47. The Hall–Kier alpha value is -2.43. The number of amides is 1. The molecule has 98 valence electrons. The molecule has 1 heterocycles. The SMILES string of the molecule is CNC(=O)c1cccc(NCc2ccncn2)c1C. The molecule has 19 heavy (non-hydrogen) atoms. The lowest BCUT2D eigenvalue weighted by Gasteiger charge is -2.12. The van der Waals surface area contributed by atoms with Crippen LogP contribution < -0.4 is 10.6 Å². The molecule has 0 aliphatic rings. The fourth-order valence-electron chi connectivity index (χ4n) is 1.82. The molecule has 5 nitrogen and oxygen atoms in total. The van der Waals surface area contributed by atoms with Crippen molar-refractivity contribution >= 4 is 11.6 Å². The number of benzene rings is 1. The van der Waals surface area contributed by atoms with E-state index in [0.29, 0.717) is 12.1 Å². The third kappa shape index (κ3) is 3.07. The van der Waals surface area contributed by atoms with Gasteiger partial charge in [-0.3, -0.25) is 4.79 Å². The second-order valence-corrected chi connectivity index (χ2v) is 4.11. The summed E-state index contributed by atoms with van der Waals surface area (Å²) in [6.07, 6.45) is 3.22. The lowest BCUT2D eigenvalue weighted by Crippen LogP contribution is -2.19. The molecule has 0 bridgehead atoms. The second kappa shape index (κ2) is 5.95. The molecule has 0 unspecified atom stereocenters. The van der Waals surface area contributed by atoms with E-state index in [-0.39, 0.29) is 5.91 Å². The van der Waals surface area contributed by atoms with Crippen molar-refractivity contribution in [3.63, 3.8) is 0 Å². The summed E-state index contributed by atoms with van der Waals surface area (Å²) >= 11 is 0. The molecule has 0 aliphatic carbocycles. The summed E-state index contributed by atoms with van der Waals surface area (Å²) in [5.41, 5.74) is 3.44. The number of anilines is 1. The highest BCUT2D eigenvalue weighted by molar-refractivity contribution is 5.96. The van der Waals surface area contributed by atoms with E-state index in [1.807, 2.05) is 31.2 Å². The van der Waals surface area contributed by atoms with Crippen LogP contribution in [-0.4, -0.2) is 22.9 Å². The van der Waals surface area contributed by atoms with Gasteiger partial charge in [0.25, 0.3) is 5.91 Å². The zero-order valence-corrected chi connectivity index (χ0v) is 11.0. The van der Waals surface area contributed by atoms with Gasteiger partial charge in [0.05, 0.1) is 12.2 Å². The highest BCUT2D eigenvalue weighted by Crippen LogP contribution is 2.19. The predicted octanol–water partition coefficient (Wildman–Crippen LogP) is 1.76. The molecule has 5 heteroatoms. The summed E-state index contributed by atoms with van der Waals surface area (Å²) in [5.74, 6) is -0.0804. The Bertz CT molecular complexity index is 569. The van der Waals surface area contributed by atoms with E-state index in [1.54, 1.807) is 13.2 Å². The molecule has 0 saturated carbocycles. The van der Waals surface area contributed by atoms with Crippen molar-refractivity contribution < 1.29 is 4.79 Å². The number of aromatic nitrogens is 2. The quantitative estimate of drug-likeness (QED) is 0.874. The molecule has 1 amide bonds. The van der Waals surface area contributed by atoms with Gasteiger partial charge in [-0.1, -0.05) is 6.07 Å². The Morgan fingerprint density at radius 2 is 2.16 bits per heavy atom. The molecule has 0 saturated heterocycles. The zero-order valence-electron chi connectivity index (χ0n) is 11.0. The molecule has 0 radical (unpaired) electrons. The Balaban J connectivity index is 2.15. The average Bonchev–Trinajstić information content (AvgIpc) is 2.46. The third-order valence-corrected chi connectivity index (χ3v) is 2.91.